The number of benzene rings is 2. The molecule has 2 aromatic carbocycles. The zero-order valence-electron chi connectivity index (χ0n) is 16.8. The van der Waals surface area contributed by atoms with E-state index in [1.165, 1.54) is 12.1 Å². The van der Waals surface area contributed by atoms with Crippen molar-refractivity contribution in [3.8, 4) is 0 Å². The first-order chi connectivity index (χ1) is 14.0. The maximum absolute atomic E-state index is 13.8. The van der Waals surface area contributed by atoms with Crippen molar-refractivity contribution in [1.82, 2.24) is 10.2 Å². The highest BCUT2D eigenvalue weighted by Crippen LogP contribution is 2.17. The Hall–Kier alpha value is -3.09. The molecule has 1 aliphatic rings. The van der Waals surface area contributed by atoms with Crippen molar-refractivity contribution in [3.05, 3.63) is 60.4 Å². The Bertz CT molecular complexity index is 836. The molecular formula is C22H27FN4O2. The maximum Gasteiger partial charge on any atom is 0.318 e. The third-order valence-electron chi connectivity index (χ3n) is 5.05. The average molecular weight is 398 g/mol. The Morgan fingerprint density at radius 1 is 0.931 bits per heavy atom. The van der Waals surface area contributed by atoms with E-state index in [1.807, 2.05) is 32.0 Å². The van der Waals surface area contributed by atoms with Crippen molar-refractivity contribution in [3.63, 3.8) is 0 Å². The number of urea groups is 1. The lowest BCUT2D eigenvalue weighted by Crippen LogP contribution is -2.56. The van der Waals surface area contributed by atoms with Crippen molar-refractivity contribution in [2.75, 3.05) is 36.4 Å². The fourth-order valence-electron chi connectivity index (χ4n) is 3.34. The number of para-hydroxylation sites is 2. The molecule has 2 N–H and O–H groups in total. The van der Waals surface area contributed by atoms with Gasteiger partial charge in [-0.3, -0.25) is 4.79 Å². The topological polar surface area (TPSA) is 64.7 Å². The third-order valence-corrected chi connectivity index (χ3v) is 5.05. The minimum atomic E-state index is -0.755. The number of hydrogen-bond acceptors (Lipinski definition) is 3. The molecule has 29 heavy (non-hydrogen) atoms. The van der Waals surface area contributed by atoms with Crippen LogP contribution >= 0.6 is 0 Å². The molecule has 0 aliphatic carbocycles. The second-order valence-corrected chi connectivity index (χ2v) is 7.45. The van der Waals surface area contributed by atoms with E-state index in [0.717, 1.165) is 18.8 Å². The van der Waals surface area contributed by atoms with Gasteiger partial charge in [0, 0.05) is 31.9 Å². The van der Waals surface area contributed by atoms with Gasteiger partial charge >= 0.3 is 6.03 Å². The van der Waals surface area contributed by atoms with Crippen molar-refractivity contribution in [2.24, 2.45) is 5.92 Å². The summed E-state index contributed by atoms with van der Waals surface area (Å²) in [6, 6.07) is 15.0. The second-order valence-electron chi connectivity index (χ2n) is 7.45. The molecular weight excluding hydrogens is 371 g/mol. The van der Waals surface area contributed by atoms with Crippen LogP contribution in [0, 0.1) is 11.7 Å². The Balaban J connectivity index is 1.57. The summed E-state index contributed by atoms with van der Waals surface area (Å²) >= 11 is 0. The molecule has 1 atom stereocenters. The molecule has 1 heterocycles. The highest BCUT2D eigenvalue weighted by molar-refractivity contribution is 5.97. The summed E-state index contributed by atoms with van der Waals surface area (Å²) in [7, 11) is 0. The van der Waals surface area contributed by atoms with E-state index in [0.29, 0.717) is 13.1 Å². The summed E-state index contributed by atoms with van der Waals surface area (Å²) in [6.45, 7) is 6.29. The van der Waals surface area contributed by atoms with Gasteiger partial charge in [0.25, 0.3) is 0 Å². The molecule has 154 valence electrons. The van der Waals surface area contributed by atoms with Crippen LogP contribution in [0.3, 0.4) is 0 Å². The molecule has 0 unspecified atom stereocenters. The number of nitrogens with one attached hydrogen (secondary N) is 2. The smallest absolute Gasteiger partial charge is 0.318 e. The summed E-state index contributed by atoms with van der Waals surface area (Å²) in [5, 5.41) is 5.39. The first kappa shape index (κ1) is 20.6. The van der Waals surface area contributed by atoms with Gasteiger partial charge in [-0.05, 0) is 30.2 Å². The molecule has 3 amide bonds. The van der Waals surface area contributed by atoms with Crippen LogP contribution in [0.2, 0.25) is 0 Å². The van der Waals surface area contributed by atoms with E-state index >= 15 is 0 Å². The summed E-state index contributed by atoms with van der Waals surface area (Å²) in [4.78, 5) is 29.3. The minimum Gasteiger partial charge on any atom is -0.368 e. The number of rotatable bonds is 5. The molecule has 6 nitrogen and oxygen atoms in total. The van der Waals surface area contributed by atoms with Crippen LogP contribution in [0.4, 0.5) is 20.6 Å². The van der Waals surface area contributed by atoms with Crippen LogP contribution in [0.5, 0.6) is 0 Å². The fraction of sp³-hybridized carbons (Fsp3) is 0.364. The Morgan fingerprint density at radius 2 is 1.55 bits per heavy atom. The lowest BCUT2D eigenvalue weighted by molar-refractivity contribution is -0.118. The predicted molar refractivity (Wildman–Crippen MR) is 112 cm³/mol. The van der Waals surface area contributed by atoms with Gasteiger partial charge in [0.05, 0.1) is 5.69 Å². The Labute approximate surface area is 170 Å². The van der Waals surface area contributed by atoms with Crippen molar-refractivity contribution in [1.29, 1.82) is 0 Å². The molecule has 0 radical (unpaired) electrons. The van der Waals surface area contributed by atoms with E-state index < -0.39 is 17.8 Å². The molecule has 1 fully saturated rings. The van der Waals surface area contributed by atoms with E-state index in [1.54, 1.807) is 17.0 Å². The molecule has 2 aromatic rings. The Morgan fingerprint density at radius 3 is 2.17 bits per heavy atom. The SMILES string of the molecule is CC(C)[C@H](NC(=O)N1CCN(c2ccccc2)CC1)C(=O)Nc1ccccc1F. The number of carbonyl (C=O) groups excluding carboxylic acids is 2. The van der Waals surface area contributed by atoms with Gasteiger partial charge in [0.15, 0.2) is 0 Å². The van der Waals surface area contributed by atoms with Gasteiger partial charge in [-0.15, -0.1) is 0 Å². The van der Waals surface area contributed by atoms with Gasteiger partial charge in [0.2, 0.25) is 5.91 Å². The zero-order valence-corrected chi connectivity index (χ0v) is 16.8. The van der Waals surface area contributed by atoms with Gasteiger partial charge in [-0.25, -0.2) is 9.18 Å². The molecule has 0 aromatic heterocycles. The quantitative estimate of drug-likeness (QED) is 0.812. The molecule has 0 saturated carbocycles. The number of piperazine rings is 1. The Kier molecular flexibility index (Phi) is 6.69. The molecule has 7 heteroatoms. The molecule has 0 spiro atoms. The van der Waals surface area contributed by atoms with Gasteiger partial charge < -0.3 is 20.4 Å². The second kappa shape index (κ2) is 9.41. The molecule has 1 aliphatic heterocycles. The summed E-state index contributed by atoms with van der Waals surface area (Å²) in [5.41, 5.74) is 1.24. The van der Waals surface area contributed by atoms with Crippen LogP contribution in [-0.4, -0.2) is 49.1 Å². The molecule has 1 saturated heterocycles. The van der Waals surface area contributed by atoms with Crippen LogP contribution in [-0.2, 0) is 4.79 Å². The van der Waals surface area contributed by atoms with Crippen LogP contribution < -0.4 is 15.5 Å². The number of anilines is 2. The zero-order chi connectivity index (χ0) is 20.8. The fourth-order valence-corrected chi connectivity index (χ4v) is 3.34. The normalized spacial score (nSPS) is 15.2. The summed E-state index contributed by atoms with van der Waals surface area (Å²) in [6.07, 6.45) is 0. The van der Waals surface area contributed by atoms with E-state index in [9.17, 15) is 14.0 Å². The third kappa shape index (κ3) is 5.25. The largest absolute Gasteiger partial charge is 0.368 e. The standard InChI is InChI=1S/C22H27FN4O2/c1-16(2)20(21(28)24-19-11-7-6-10-18(19)23)25-22(29)27-14-12-26(13-15-27)17-8-4-3-5-9-17/h3-11,16,20H,12-15H2,1-2H3,(H,24,28)(H,25,29)/t20-/m0/s1. The van der Waals surface area contributed by atoms with Gasteiger partial charge in [-0.2, -0.15) is 0 Å². The van der Waals surface area contributed by atoms with Crippen LogP contribution in [0.1, 0.15) is 13.8 Å². The van der Waals surface area contributed by atoms with E-state index in [-0.39, 0.29) is 17.6 Å². The van der Waals surface area contributed by atoms with Crippen LogP contribution in [0.15, 0.2) is 54.6 Å². The van der Waals surface area contributed by atoms with E-state index in [4.69, 9.17) is 0 Å². The number of carbonyl (C=O) groups is 2. The van der Waals surface area contributed by atoms with Gasteiger partial charge in [0.1, 0.15) is 11.9 Å². The monoisotopic (exact) mass is 398 g/mol. The van der Waals surface area contributed by atoms with Crippen molar-refractivity contribution >= 4 is 23.3 Å². The van der Waals surface area contributed by atoms with Crippen molar-refractivity contribution < 1.29 is 14.0 Å². The predicted octanol–water partition coefficient (Wildman–Crippen LogP) is 3.32. The number of halogens is 1. The number of nitrogens with zero attached hydrogens (tertiary/aromatic N) is 2. The van der Waals surface area contributed by atoms with Crippen molar-refractivity contribution in [2.45, 2.75) is 19.9 Å². The van der Waals surface area contributed by atoms with Gasteiger partial charge in [-0.1, -0.05) is 44.2 Å². The van der Waals surface area contributed by atoms with Crippen LogP contribution in [0.25, 0.3) is 0 Å². The number of hydrogen-bond donors (Lipinski definition) is 2. The lowest BCUT2D eigenvalue weighted by Gasteiger charge is -2.37. The maximum atomic E-state index is 13.8. The minimum absolute atomic E-state index is 0.105. The first-order valence-electron chi connectivity index (χ1n) is 9.86. The lowest BCUT2D eigenvalue weighted by atomic mass is 10.0. The summed E-state index contributed by atoms with van der Waals surface area (Å²) in [5.74, 6) is -1.08. The average Bonchev–Trinajstić information content (AvgIpc) is 2.74. The molecule has 3 rings (SSSR count). The molecule has 0 bridgehead atoms. The van der Waals surface area contributed by atoms with E-state index in [2.05, 4.69) is 27.7 Å². The summed E-state index contributed by atoms with van der Waals surface area (Å²) < 4.78 is 13.8. The first-order valence-corrected chi connectivity index (χ1v) is 9.86. The highest BCUT2D eigenvalue weighted by Gasteiger charge is 2.28. The highest BCUT2D eigenvalue weighted by atomic mass is 19.1. The number of amides is 3.